The predicted octanol–water partition coefficient (Wildman–Crippen LogP) is 1.32. The third-order valence-corrected chi connectivity index (χ3v) is 4.44. The third-order valence-electron chi connectivity index (χ3n) is 3.10. The highest BCUT2D eigenvalue weighted by Crippen LogP contribution is 2.21. The molecular weight excluding hydrogens is 274 g/mol. The zero-order valence-corrected chi connectivity index (χ0v) is 11.9. The molecule has 2 aromatic rings. The topological polar surface area (TPSA) is 65.2 Å². The van der Waals surface area contributed by atoms with Crippen LogP contribution in [0.5, 0.6) is 0 Å². The molecule has 6 heteroatoms. The van der Waals surface area contributed by atoms with Crippen molar-refractivity contribution >= 4 is 20.9 Å². The Kier molecular flexibility index (Phi) is 2.62. The van der Waals surface area contributed by atoms with Crippen LogP contribution in [0.3, 0.4) is 0 Å². The molecule has 2 rings (SSSR count). The number of sulfonamides is 1. The monoisotopic (exact) mass is 301 g/mol. The number of aromatic nitrogens is 1. The van der Waals surface area contributed by atoms with Gasteiger partial charge in [-0.05, 0) is 50.7 Å². The second kappa shape index (κ2) is 5.95. The molecule has 0 radical (unpaired) electrons. The molecule has 0 fully saturated rings. The first-order valence-electron chi connectivity index (χ1n) is 9.11. The summed E-state index contributed by atoms with van der Waals surface area (Å²) in [4.78, 5) is 3.54. The van der Waals surface area contributed by atoms with E-state index in [1.807, 2.05) is 0 Å². The second-order valence-corrected chi connectivity index (χ2v) is 6.49. The average molecular weight is 301 g/mol. The molecule has 0 saturated carbocycles. The van der Waals surface area contributed by atoms with Gasteiger partial charge in [0.05, 0.1) is 5.75 Å². The molecule has 2 N–H and O–H groups in total. The fraction of sp³-hybridized carbons (Fsp3) is 0.429. The van der Waals surface area contributed by atoms with Crippen LogP contribution >= 0.6 is 0 Å². The Bertz CT molecular complexity index is 859. The van der Waals surface area contributed by atoms with Crippen LogP contribution in [0.2, 0.25) is 0 Å². The quantitative estimate of drug-likeness (QED) is 0.846. The summed E-state index contributed by atoms with van der Waals surface area (Å²) in [6, 6.07) is 5.14. The van der Waals surface area contributed by atoms with Gasteiger partial charge in [0.2, 0.25) is 10.0 Å². The lowest BCUT2D eigenvalue weighted by atomic mass is 10.1. The third kappa shape index (κ3) is 3.59. The number of nitrogens with one attached hydrogen (secondary N) is 2. The summed E-state index contributed by atoms with van der Waals surface area (Å²) in [6.07, 6.45) is 1.87. The smallest absolute Gasteiger partial charge is 0.215 e. The van der Waals surface area contributed by atoms with Crippen LogP contribution < -0.4 is 4.72 Å². The van der Waals surface area contributed by atoms with E-state index >= 15 is 0 Å². The molecule has 0 atom stereocenters. The Morgan fingerprint density at radius 2 is 2.20 bits per heavy atom. The molecule has 0 spiro atoms. The van der Waals surface area contributed by atoms with E-state index in [0.717, 1.165) is 16.5 Å². The summed E-state index contributed by atoms with van der Waals surface area (Å²) >= 11 is 0. The van der Waals surface area contributed by atoms with Crippen LogP contribution in [0.4, 0.5) is 0 Å². The Morgan fingerprint density at radius 1 is 1.40 bits per heavy atom. The number of benzene rings is 1. The fourth-order valence-electron chi connectivity index (χ4n) is 2.05. The van der Waals surface area contributed by atoms with E-state index < -0.39 is 24.0 Å². The molecule has 1 aromatic carbocycles. The molecule has 20 heavy (non-hydrogen) atoms. The lowest BCUT2D eigenvalue weighted by Gasteiger charge is -2.08. The molecule has 0 aliphatic rings. The van der Waals surface area contributed by atoms with Gasteiger partial charge in [-0.15, -0.1) is 0 Å². The molecule has 1 aromatic heterocycles. The maximum atomic E-state index is 11.7. The van der Waals surface area contributed by atoms with Crippen molar-refractivity contribution in [1.29, 1.82) is 0 Å². The van der Waals surface area contributed by atoms with E-state index in [1.165, 1.54) is 7.05 Å². The highest BCUT2D eigenvalue weighted by Gasteiger charge is 2.11. The maximum absolute atomic E-state index is 11.7. The van der Waals surface area contributed by atoms with Crippen molar-refractivity contribution in [1.82, 2.24) is 14.6 Å². The van der Waals surface area contributed by atoms with Crippen molar-refractivity contribution < 1.29 is 16.6 Å². The lowest BCUT2D eigenvalue weighted by Crippen LogP contribution is -2.20. The Labute approximate surface area is 128 Å². The normalized spacial score (nSPS) is 18.1. The van der Waals surface area contributed by atoms with Gasteiger partial charge in [0.25, 0.3) is 0 Å². The summed E-state index contributed by atoms with van der Waals surface area (Å²) in [5.41, 5.74) is 2.07. The van der Waals surface area contributed by atoms with Gasteiger partial charge in [0.1, 0.15) is 0 Å². The largest absolute Gasteiger partial charge is 0.361 e. The van der Waals surface area contributed by atoms with Gasteiger partial charge in [-0.3, -0.25) is 0 Å². The van der Waals surface area contributed by atoms with Crippen molar-refractivity contribution in [2.45, 2.75) is 12.2 Å². The van der Waals surface area contributed by atoms with Crippen molar-refractivity contribution in [2.24, 2.45) is 0 Å². The van der Waals surface area contributed by atoms with Gasteiger partial charge in [-0.1, -0.05) is 6.07 Å². The summed E-state index contributed by atoms with van der Waals surface area (Å²) in [5, 5.41) is 0.741. The van der Waals surface area contributed by atoms with Gasteiger partial charge in [0, 0.05) is 31.9 Å². The van der Waals surface area contributed by atoms with Crippen molar-refractivity contribution in [2.75, 3.05) is 27.5 Å². The first-order valence-corrected chi connectivity index (χ1v) is 7.76. The minimum absolute atomic E-state index is 0.180. The number of hydrogen-bond donors (Lipinski definition) is 2. The average Bonchev–Trinajstić information content (AvgIpc) is 2.87. The molecule has 5 nitrogen and oxygen atoms in total. The van der Waals surface area contributed by atoms with Crippen LogP contribution in [0.25, 0.3) is 10.9 Å². The minimum Gasteiger partial charge on any atom is -0.361 e. The number of H-pyrrole nitrogens is 1. The predicted molar refractivity (Wildman–Crippen MR) is 82.2 cm³/mol. The van der Waals surface area contributed by atoms with Gasteiger partial charge < -0.3 is 9.88 Å². The number of hydrogen-bond acceptors (Lipinski definition) is 3. The first kappa shape index (κ1) is 8.81. The van der Waals surface area contributed by atoms with Crippen LogP contribution in [0.1, 0.15) is 19.4 Å². The number of nitrogens with zero attached hydrogens (tertiary/aromatic N) is 1. The Hall–Kier alpha value is -1.37. The second-order valence-electron chi connectivity index (χ2n) is 4.56. The van der Waals surface area contributed by atoms with E-state index in [4.69, 9.17) is 8.22 Å². The molecule has 0 bridgehead atoms. The number of fused-ring (bicyclic) bond motifs is 1. The summed E-state index contributed by atoms with van der Waals surface area (Å²) in [7, 11) is -2.08. The van der Waals surface area contributed by atoms with Gasteiger partial charge in [0.15, 0.2) is 0 Å². The van der Waals surface area contributed by atoms with E-state index in [0.29, 0.717) is 10.5 Å². The molecule has 0 unspecified atom stereocenters. The van der Waals surface area contributed by atoms with E-state index in [2.05, 4.69) is 9.71 Å². The van der Waals surface area contributed by atoms with E-state index in [1.54, 1.807) is 24.4 Å². The number of aromatic amines is 1. The summed E-state index contributed by atoms with van der Waals surface area (Å²) in [5.74, 6) is -0.180. The minimum atomic E-state index is -3.42. The highest BCUT2D eigenvalue weighted by molar-refractivity contribution is 7.88. The number of likely N-dealkylation sites (N-methyl/N-ethyl adjacent to an activating group) is 1. The highest BCUT2D eigenvalue weighted by atomic mass is 32.2. The van der Waals surface area contributed by atoms with Gasteiger partial charge >= 0.3 is 0 Å². The summed E-state index contributed by atoms with van der Waals surface area (Å²) in [6.45, 7) is -5.65. The molecule has 0 aliphatic carbocycles. The maximum Gasteiger partial charge on any atom is 0.215 e. The van der Waals surface area contributed by atoms with E-state index in [-0.39, 0.29) is 18.7 Å². The first-order chi connectivity index (χ1) is 11.8. The Balaban J connectivity index is 2.27. The van der Waals surface area contributed by atoms with Crippen LogP contribution in [-0.2, 0) is 22.2 Å². The zero-order valence-electron chi connectivity index (χ0n) is 17.1. The fourth-order valence-corrected chi connectivity index (χ4v) is 2.81. The van der Waals surface area contributed by atoms with Crippen molar-refractivity contribution in [3.63, 3.8) is 0 Å². The molecule has 0 saturated heterocycles. The van der Waals surface area contributed by atoms with Crippen molar-refractivity contribution in [3.8, 4) is 0 Å². The van der Waals surface area contributed by atoms with Crippen molar-refractivity contribution in [3.05, 3.63) is 35.5 Å². The molecule has 0 aliphatic heterocycles. The zero-order chi connectivity index (χ0) is 19.8. The molecule has 0 amide bonds. The molecule has 110 valence electrons. The molecular formula is C14H21N3O2S. The van der Waals surface area contributed by atoms with E-state index in [9.17, 15) is 8.42 Å². The molecule has 1 heterocycles. The van der Waals surface area contributed by atoms with Gasteiger partial charge in [-0.2, -0.15) is 0 Å². The lowest BCUT2D eigenvalue weighted by molar-refractivity contribution is 0.414. The van der Waals surface area contributed by atoms with Crippen LogP contribution in [0, 0.1) is 0 Å². The van der Waals surface area contributed by atoms with Crippen LogP contribution in [0.15, 0.2) is 24.4 Å². The van der Waals surface area contributed by atoms with Crippen LogP contribution in [-0.4, -0.2) is 45.8 Å². The standard InChI is InChI=1S/C14H21N3O2S/c1-15-20(18,19)10-11-4-5-14-13(8-11)12(9-16-14)6-7-17(2)3/h4-5,8-9,15-16H,6-7,10H2,1-3H3/i2D3,3D3. The SMILES string of the molecule is [2H]C([2H])([2H])N(CCc1c[nH]c2ccc(CS(=O)(=O)NC)cc12)C([2H])([2H])[2H]. The number of rotatable bonds is 6. The summed E-state index contributed by atoms with van der Waals surface area (Å²) < 4.78 is 70.1. The Morgan fingerprint density at radius 3 is 2.90 bits per heavy atom. The van der Waals surface area contributed by atoms with Gasteiger partial charge in [-0.25, -0.2) is 13.1 Å².